The van der Waals surface area contributed by atoms with E-state index >= 15 is 0 Å². The lowest BCUT2D eigenvalue weighted by Crippen LogP contribution is -2.39. The first-order valence-electron chi connectivity index (χ1n) is 7.36. The van der Waals surface area contributed by atoms with Crippen molar-refractivity contribution in [3.05, 3.63) is 34.3 Å². The molecule has 1 saturated heterocycles. The van der Waals surface area contributed by atoms with Crippen LogP contribution in [0.3, 0.4) is 0 Å². The molecular formula is C16H22BrNO3. The Labute approximate surface area is 134 Å². The van der Waals surface area contributed by atoms with E-state index in [-0.39, 0.29) is 12.1 Å². The number of carbonyl (C=O) groups excluding carboxylic acids is 1. The maximum Gasteiger partial charge on any atom is 0.305 e. The number of carbonyl (C=O) groups is 1. The van der Waals surface area contributed by atoms with Crippen molar-refractivity contribution in [3.63, 3.8) is 0 Å². The SMILES string of the molecule is COC(=O)CCCCN1CCO[C@H](c2ccccc2Br)C1. The van der Waals surface area contributed by atoms with Gasteiger partial charge in [0.15, 0.2) is 0 Å². The third-order valence-corrected chi connectivity index (χ3v) is 4.46. The number of hydrogen-bond donors (Lipinski definition) is 0. The summed E-state index contributed by atoms with van der Waals surface area (Å²) in [4.78, 5) is 13.5. The molecule has 1 heterocycles. The minimum atomic E-state index is -0.122. The van der Waals surface area contributed by atoms with E-state index in [2.05, 4.69) is 31.6 Å². The lowest BCUT2D eigenvalue weighted by Gasteiger charge is -2.33. The molecule has 1 fully saturated rings. The number of benzene rings is 1. The van der Waals surface area contributed by atoms with Crippen LogP contribution in [0.25, 0.3) is 0 Å². The van der Waals surface area contributed by atoms with Crippen LogP contribution < -0.4 is 0 Å². The van der Waals surface area contributed by atoms with E-state index < -0.39 is 0 Å². The molecule has 4 nitrogen and oxygen atoms in total. The van der Waals surface area contributed by atoms with E-state index in [1.165, 1.54) is 12.7 Å². The molecule has 1 atom stereocenters. The summed E-state index contributed by atoms with van der Waals surface area (Å²) in [5.41, 5.74) is 1.21. The van der Waals surface area contributed by atoms with Crippen molar-refractivity contribution < 1.29 is 14.3 Å². The zero-order valence-electron chi connectivity index (χ0n) is 12.4. The third-order valence-electron chi connectivity index (χ3n) is 3.74. The molecule has 0 bridgehead atoms. The highest BCUT2D eigenvalue weighted by atomic mass is 79.9. The van der Waals surface area contributed by atoms with Crippen LogP contribution in [0, 0.1) is 0 Å². The maximum absolute atomic E-state index is 11.1. The van der Waals surface area contributed by atoms with Crippen molar-refractivity contribution in [1.82, 2.24) is 4.90 Å². The number of rotatable bonds is 6. The Morgan fingerprint density at radius 1 is 1.43 bits per heavy atom. The van der Waals surface area contributed by atoms with Crippen LogP contribution in [0.5, 0.6) is 0 Å². The summed E-state index contributed by atoms with van der Waals surface area (Å²) in [6.07, 6.45) is 2.52. The number of morpholine rings is 1. The Kier molecular flexibility index (Phi) is 6.67. The molecule has 1 aliphatic rings. The van der Waals surface area contributed by atoms with E-state index in [1.807, 2.05) is 18.2 Å². The van der Waals surface area contributed by atoms with Gasteiger partial charge < -0.3 is 9.47 Å². The van der Waals surface area contributed by atoms with Gasteiger partial charge in [-0.05, 0) is 31.0 Å². The van der Waals surface area contributed by atoms with Gasteiger partial charge in [0.25, 0.3) is 0 Å². The summed E-state index contributed by atoms with van der Waals surface area (Å²) < 4.78 is 11.6. The van der Waals surface area contributed by atoms with Crippen molar-refractivity contribution in [3.8, 4) is 0 Å². The summed E-state index contributed by atoms with van der Waals surface area (Å²) in [6, 6.07) is 8.21. The minimum absolute atomic E-state index is 0.120. The summed E-state index contributed by atoms with van der Waals surface area (Å²) in [6.45, 7) is 3.62. The summed E-state index contributed by atoms with van der Waals surface area (Å²) in [5.74, 6) is -0.122. The zero-order chi connectivity index (χ0) is 15.1. The monoisotopic (exact) mass is 355 g/mol. The Bertz CT molecular complexity index is 467. The average Bonchev–Trinajstić information content (AvgIpc) is 2.52. The normalized spacial score (nSPS) is 19.4. The fourth-order valence-electron chi connectivity index (χ4n) is 2.54. The average molecular weight is 356 g/mol. The van der Waals surface area contributed by atoms with Gasteiger partial charge in [0.1, 0.15) is 0 Å². The molecule has 1 aliphatic heterocycles. The Morgan fingerprint density at radius 3 is 3.00 bits per heavy atom. The first-order chi connectivity index (χ1) is 10.2. The Hall–Kier alpha value is -0.910. The molecule has 0 aliphatic carbocycles. The summed E-state index contributed by atoms with van der Waals surface area (Å²) in [7, 11) is 1.44. The number of hydrogen-bond acceptors (Lipinski definition) is 4. The second kappa shape index (κ2) is 8.51. The predicted octanol–water partition coefficient (Wildman–Crippen LogP) is 3.17. The number of methoxy groups -OCH3 is 1. The molecule has 2 rings (SSSR count). The lowest BCUT2D eigenvalue weighted by molar-refractivity contribution is -0.140. The summed E-state index contributed by atoms with van der Waals surface area (Å²) in [5, 5.41) is 0. The standard InChI is InChI=1S/C16H22BrNO3/c1-20-16(19)8-4-5-9-18-10-11-21-15(12-18)13-6-2-3-7-14(13)17/h2-3,6-7,15H,4-5,8-12H2,1H3/t15-/m0/s1. The molecule has 0 aromatic heterocycles. The minimum Gasteiger partial charge on any atom is -0.469 e. The largest absolute Gasteiger partial charge is 0.469 e. The molecule has 0 radical (unpaired) electrons. The van der Waals surface area contributed by atoms with Crippen molar-refractivity contribution in [2.75, 3.05) is 33.4 Å². The fraction of sp³-hybridized carbons (Fsp3) is 0.562. The first kappa shape index (κ1) is 16.5. The molecule has 0 N–H and O–H groups in total. The van der Waals surface area contributed by atoms with Crippen LogP contribution in [0.4, 0.5) is 0 Å². The lowest BCUT2D eigenvalue weighted by atomic mass is 10.1. The second-order valence-electron chi connectivity index (χ2n) is 5.21. The van der Waals surface area contributed by atoms with E-state index in [1.54, 1.807) is 0 Å². The molecular weight excluding hydrogens is 334 g/mol. The number of nitrogens with zero attached hydrogens (tertiary/aromatic N) is 1. The molecule has 0 amide bonds. The molecule has 1 aromatic rings. The van der Waals surface area contributed by atoms with Gasteiger partial charge in [0, 0.05) is 24.0 Å². The van der Waals surface area contributed by atoms with Gasteiger partial charge in [0.2, 0.25) is 0 Å². The number of esters is 1. The van der Waals surface area contributed by atoms with Crippen molar-refractivity contribution in [2.24, 2.45) is 0 Å². The van der Waals surface area contributed by atoms with Crippen LogP contribution in [-0.2, 0) is 14.3 Å². The maximum atomic E-state index is 11.1. The highest BCUT2D eigenvalue weighted by Crippen LogP contribution is 2.28. The fourth-order valence-corrected chi connectivity index (χ4v) is 3.08. The van der Waals surface area contributed by atoms with Crippen molar-refractivity contribution in [1.29, 1.82) is 0 Å². The van der Waals surface area contributed by atoms with Gasteiger partial charge in [-0.3, -0.25) is 9.69 Å². The molecule has 5 heteroatoms. The molecule has 0 saturated carbocycles. The second-order valence-corrected chi connectivity index (χ2v) is 6.07. The van der Waals surface area contributed by atoms with Gasteiger partial charge >= 0.3 is 5.97 Å². The van der Waals surface area contributed by atoms with Crippen LogP contribution in [0.2, 0.25) is 0 Å². The van der Waals surface area contributed by atoms with Gasteiger partial charge in [0.05, 0.1) is 19.8 Å². The van der Waals surface area contributed by atoms with E-state index in [4.69, 9.17) is 4.74 Å². The van der Waals surface area contributed by atoms with E-state index in [0.717, 1.165) is 43.6 Å². The zero-order valence-corrected chi connectivity index (χ0v) is 14.0. The third kappa shape index (κ3) is 5.09. The highest BCUT2D eigenvalue weighted by molar-refractivity contribution is 9.10. The summed E-state index contributed by atoms with van der Waals surface area (Å²) >= 11 is 3.59. The highest BCUT2D eigenvalue weighted by Gasteiger charge is 2.23. The van der Waals surface area contributed by atoms with Crippen LogP contribution in [0.15, 0.2) is 28.7 Å². The Morgan fingerprint density at radius 2 is 2.24 bits per heavy atom. The molecule has 21 heavy (non-hydrogen) atoms. The topological polar surface area (TPSA) is 38.8 Å². The first-order valence-corrected chi connectivity index (χ1v) is 8.15. The number of halogens is 1. The Balaban J connectivity index is 1.79. The number of unbranched alkanes of at least 4 members (excludes halogenated alkanes) is 1. The van der Waals surface area contributed by atoms with Crippen molar-refractivity contribution in [2.45, 2.75) is 25.4 Å². The van der Waals surface area contributed by atoms with Gasteiger partial charge in [-0.1, -0.05) is 34.1 Å². The molecule has 1 aromatic carbocycles. The van der Waals surface area contributed by atoms with Crippen LogP contribution in [-0.4, -0.2) is 44.2 Å². The van der Waals surface area contributed by atoms with Crippen molar-refractivity contribution >= 4 is 21.9 Å². The molecule has 116 valence electrons. The van der Waals surface area contributed by atoms with Crippen LogP contribution >= 0.6 is 15.9 Å². The predicted molar refractivity (Wildman–Crippen MR) is 85.1 cm³/mol. The molecule has 0 unspecified atom stereocenters. The van der Waals surface area contributed by atoms with Gasteiger partial charge in [-0.15, -0.1) is 0 Å². The van der Waals surface area contributed by atoms with Gasteiger partial charge in [-0.25, -0.2) is 0 Å². The number of ether oxygens (including phenoxy) is 2. The quantitative estimate of drug-likeness (QED) is 0.580. The smallest absolute Gasteiger partial charge is 0.305 e. The van der Waals surface area contributed by atoms with E-state index in [9.17, 15) is 4.79 Å². The molecule has 0 spiro atoms. The van der Waals surface area contributed by atoms with Gasteiger partial charge in [-0.2, -0.15) is 0 Å². The van der Waals surface area contributed by atoms with E-state index in [0.29, 0.717) is 6.42 Å². The van der Waals surface area contributed by atoms with Crippen LogP contribution in [0.1, 0.15) is 30.9 Å².